The van der Waals surface area contributed by atoms with E-state index in [0.717, 1.165) is 25.8 Å². The van der Waals surface area contributed by atoms with E-state index in [1.54, 1.807) is 4.90 Å². The number of carbonyl (C=O) groups is 2. The number of hydrogen-bond donors (Lipinski definition) is 1. The Kier molecular flexibility index (Phi) is 8.14. The zero-order valence-corrected chi connectivity index (χ0v) is 14.1. The van der Waals surface area contributed by atoms with Gasteiger partial charge in [0.1, 0.15) is 0 Å². The molecule has 0 aromatic carbocycles. The zero-order chi connectivity index (χ0) is 15.2. The smallest absolute Gasteiger partial charge is 0.239 e. The Bertz CT molecular complexity index is 375. The molecule has 0 aromatic heterocycles. The van der Waals surface area contributed by atoms with Crippen molar-refractivity contribution < 1.29 is 14.3 Å². The predicted octanol–water partition coefficient (Wildman–Crippen LogP) is 0.633. The Morgan fingerprint density at radius 1 is 1.23 bits per heavy atom. The highest BCUT2D eigenvalue weighted by Gasteiger charge is 2.33. The van der Waals surface area contributed by atoms with Gasteiger partial charge in [-0.25, -0.2) is 0 Å². The molecule has 22 heavy (non-hydrogen) atoms. The highest BCUT2D eigenvalue weighted by atomic mass is 35.5. The fraction of sp³-hybridized carbons (Fsp3) is 0.867. The summed E-state index contributed by atoms with van der Waals surface area (Å²) in [5, 5.41) is 0. The monoisotopic (exact) mass is 333 g/mol. The summed E-state index contributed by atoms with van der Waals surface area (Å²) in [6, 6.07) is -0.424. The molecule has 2 rings (SSSR count). The standard InChI is InChI=1S/C15H27N3O3.ClH/c1-2-4-13(16)15(20)18-6-3-5-12(11-18)14(19)17-7-9-21-10-8-17;/h12-13H,2-11,16H2,1H3;1H. The van der Waals surface area contributed by atoms with Crippen LogP contribution < -0.4 is 5.73 Å². The summed E-state index contributed by atoms with van der Waals surface area (Å²) in [4.78, 5) is 28.5. The number of morpholine rings is 1. The van der Waals surface area contributed by atoms with Crippen molar-refractivity contribution in [3.05, 3.63) is 0 Å². The number of nitrogens with two attached hydrogens (primary N) is 1. The number of hydrogen-bond acceptors (Lipinski definition) is 4. The van der Waals surface area contributed by atoms with Crippen LogP contribution in [0.15, 0.2) is 0 Å². The molecule has 0 radical (unpaired) electrons. The first-order chi connectivity index (χ1) is 10.1. The molecule has 0 saturated carbocycles. The zero-order valence-electron chi connectivity index (χ0n) is 13.3. The van der Waals surface area contributed by atoms with E-state index in [0.29, 0.717) is 39.3 Å². The van der Waals surface area contributed by atoms with E-state index in [9.17, 15) is 9.59 Å². The molecule has 0 spiro atoms. The maximum absolute atomic E-state index is 12.5. The van der Waals surface area contributed by atoms with Gasteiger partial charge in [0.05, 0.1) is 25.2 Å². The molecular weight excluding hydrogens is 306 g/mol. The summed E-state index contributed by atoms with van der Waals surface area (Å²) in [5.41, 5.74) is 5.92. The van der Waals surface area contributed by atoms with Crippen molar-refractivity contribution in [3.63, 3.8) is 0 Å². The van der Waals surface area contributed by atoms with Gasteiger partial charge in [0.15, 0.2) is 0 Å². The van der Waals surface area contributed by atoms with E-state index >= 15 is 0 Å². The minimum absolute atomic E-state index is 0. The van der Waals surface area contributed by atoms with Crippen molar-refractivity contribution >= 4 is 24.2 Å². The highest BCUT2D eigenvalue weighted by Crippen LogP contribution is 2.20. The molecular formula is C15H28ClN3O3. The summed E-state index contributed by atoms with van der Waals surface area (Å²) >= 11 is 0. The van der Waals surface area contributed by atoms with Crippen molar-refractivity contribution in [3.8, 4) is 0 Å². The minimum Gasteiger partial charge on any atom is -0.378 e. The Hall–Kier alpha value is -0.850. The van der Waals surface area contributed by atoms with Crippen LogP contribution in [0.1, 0.15) is 32.6 Å². The second-order valence-electron chi connectivity index (χ2n) is 5.96. The summed E-state index contributed by atoms with van der Waals surface area (Å²) in [7, 11) is 0. The molecule has 128 valence electrons. The first-order valence-electron chi connectivity index (χ1n) is 8.04. The Labute approximate surface area is 138 Å². The summed E-state index contributed by atoms with van der Waals surface area (Å²) < 4.78 is 5.28. The number of rotatable bonds is 4. The number of nitrogens with zero attached hydrogens (tertiary/aromatic N) is 2. The van der Waals surface area contributed by atoms with Crippen molar-refractivity contribution in [2.75, 3.05) is 39.4 Å². The molecule has 2 heterocycles. The summed E-state index contributed by atoms with van der Waals surface area (Å²) in [6.45, 7) is 5.83. The Morgan fingerprint density at radius 3 is 2.55 bits per heavy atom. The van der Waals surface area contributed by atoms with E-state index in [-0.39, 0.29) is 30.1 Å². The van der Waals surface area contributed by atoms with Gasteiger partial charge in [0.25, 0.3) is 0 Å². The average Bonchev–Trinajstić information content (AvgIpc) is 2.54. The molecule has 0 bridgehead atoms. The van der Waals surface area contributed by atoms with Gasteiger partial charge < -0.3 is 20.3 Å². The molecule has 2 N–H and O–H groups in total. The van der Waals surface area contributed by atoms with Gasteiger partial charge in [0, 0.05) is 26.2 Å². The van der Waals surface area contributed by atoms with Crippen LogP contribution in [0.25, 0.3) is 0 Å². The Balaban J connectivity index is 0.00000242. The fourth-order valence-corrected chi connectivity index (χ4v) is 3.09. The molecule has 2 unspecified atom stereocenters. The van der Waals surface area contributed by atoms with Crippen LogP contribution in [-0.4, -0.2) is 67.0 Å². The van der Waals surface area contributed by atoms with Crippen molar-refractivity contribution in [1.29, 1.82) is 0 Å². The van der Waals surface area contributed by atoms with E-state index in [1.807, 2.05) is 11.8 Å². The quantitative estimate of drug-likeness (QED) is 0.819. The first-order valence-corrected chi connectivity index (χ1v) is 8.04. The summed E-state index contributed by atoms with van der Waals surface area (Å²) in [6.07, 6.45) is 3.35. The second kappa shape index (κ2) is 9.33. The topological polar surface area (TPSA) is 75.9 Å². The van der Waals surface area contributed by atoms with Crippen LogP contribution >= 0.6 is 12.4 Å². The highest BCUT2D eigenvalue weighted by molar-refractivity contribution is 5.85. The lowest BCUT2D eigenvalue weighted by atomic mass is 9.95. The minimum atomic E-state index is -0.424. The lowest BCUT2D eigenvalue weighted by Gasteiger charge is -2.37. The third-order valence-corrected chi connectivity index (χ3v) is 4.32. The molecule has 2 atom stereocenters. The SMILES string of the molecule is CCCC(N)C(=O)N1CCCC(C(=O)N2CCOCC2)C1.Cl. The molecule has 0 aliphatic carbocycles. The van der Waals surface area contributed by atoms with Crippen LogP contribution in [0.4, 0.5) is 0 Å². The van der Waals surface area contributed by atoms with Crippen LogP contribution in [0.3, 0.4) is 0 Å². The van der Waals surface area contributed by atoms with Gasteiger partial charge in [-0.3, -0.25) is 9.59 Å². The van der Waals surface area contributed by atoms with Crippen molar-refractivity contribution in [1.82, 2.24) is 9.80 Å². The van der Waals surface area contributed by atoms with Gasteiger partial charge in [0.2, 0.25) is 11.8 Å². The maximum Gasteiger partial charge on any atom is 0.239 e. The fourth-order valence-electron chi connectivity index (χ4n) is 3.09. The lowest BCUT2D eigenvalue weighted by molar-refractivity contribution is -0.144. The lowest BCUT2D eigenvalue weighted by Crippen LogP contribution is -2.52. The van der Waals surface area contributed by atoms with Crippen LogP contribution in [0.2, 0.25) is 0 Å². The number of carbonyl (C=O) groups excluding carboxylic acids is 2. The van der Waals surface area contributed by atoms with Crippen molar-refractivity contribution in [2.24, 2.45) is 11.7 Å². The number of halogens is 1. The third kappa shape index (κ3) is 4.83. The van der Waals surface area contributed by atoms with Gasteiger partial charge >= 0.3 is 0 Å². The number of piperidine rings is 1. The van der Waals surface area contributed by atoms with Gasteiger partial charge in [-0.15, -0.1) is 12.4 Å². The summed E-state index contributed by atoms with van der Waals surface area (Å²) in [5.74, 6) is 0.0887. The maximum atomic E-state index is 12.5. The van der Waals surface area contributed by atoms with Crippen LogP contribution in [0, 0.1) is 5.92 Å². The molecule has 2 aliphatic rings. The van der Waals surface area contributed by atoms with E-state index in [1.165, 1.54) is 0 Å². The molecule has 2 aliphatic heterocycles. The molecule has 2 saturated heterocycles. The van der Waals surface area contributed by atoms with Crippen LogP contribution in [-0.2, 0) is 14.3 Å². The number of amides is 2. The largest absolute Gasteiger partial charge is 0.378 e. The molecule has 2 fully saturated rings. The van der Waals surface area contributed by atoms with E-state index < -0.39 is 6.04 Å². The van der Waals surface area contributed by atoms with Gasteiger partial charge in [-0.1, -0.05) is 13.3 Å². The predicted molar refractivity (Wildman–Crippen MR) is 86.8 cm³/mol. The second-order valence-corrected chi connectivity index (χ2v) is 5.96. The average molecular weight is 334 g/mol. The molecule has 0 aromatic rings. The van der Waals surface area contributed by atoms with E-state index in [4.69, 9.17) is 10.5 Å². The normalized spacial score (nSPS) is 23.6. The molecule has 2 amide bonds. The third-order valence-electron chi connectivity index (χ3n) is 4.32. The van der Waals surface area contributed by atoms with Crippen LogP contribution in [0.5, 0.6) is 0 Å². The number of likely N-dealkylation sites (tertiary alicyclic amines) is 1. The number of ether oxygens (including phenoxy) is 1. The van der Waals surface area contributed by atoms with E-state index in [2.05, 4.69) is 0 Å². The van der Waals surface area contributed by atoms with Crippen molar-refractivity contribution in [2.45, 2.75) is 38.6 Å². The first kappa shape index (κ1) is 19.2. The molecule has 7 heteroatoms. The van der Waals surface area contributed by atoms with Gasteiger partial charge in [-0.05, 0) is 19.3 Å². The Morgan fingerprint density at radius 2 is 1.91 bits per heavy atom. The molecule has 6 nitrogen and oxygen atoms in total. The van der Waals surface area contributed by atoms with Gasteiger partial charge in [-0.2, -0.15) is 0 Å².